The molecule has 2 aliphatic rings. The number of nitrogens with one attached hydrogen (secondary N) is 1. The summed E-state index contributed by atoms with van der Waals surface area (Å²) < 4.78 is 7.44. The van der Waals surface area contributed by atoms with Gasteiger partial charge in [-0.2, -0.15) is 5.10 Å². The Labute approximate surface area is 119 Å². The molecule has 3 rings (SSSR count). The first kappa shape index (κ1) is 13.6. The average Bonchev–Trinajstić information content (AvgIpc) is 2.67. The Morgan fingerprint density at radius 2 is 2.45 bits per heavy atom. The van der Waals surface area contributed by atoms with E-state index in [1.54, 1.807) is 0 Å². The minimum Gasteiger partial charge on any atom is -0.378 e. The Hall–Kier alpha value is -1.40. The molecular weight excluding hydrogens is 256 g/mol. The van der Waals surface area contributed by atoms with E-state index >= 15 is 0 Å². The van der Waals surface area contributed by atoms with Crippen LogP contribution in [-0.4, -0.2) is 52.9 Å². The molecule has 0 bridgehead atoms. The van der Waals surface area contributed by atoms with Gasteiger partial charge in [-0.25, -0.2) is 0 Å². The first-order chi connectivity index (χ1) is 9.72. The fraction of sp³-hybridized carbons (Fsp3) is 0.714. The molecule has 1 aromatic rings. The number of ether oxygens (including phenoxy) is 1. The number of nitrogens with zero attached hydrogens (tertiary/aromatic N) is 3. The lowest BCUT2D eigenvalue weighted by Gasteiger charge is -2.26. The predicted octanol–water partition coefficient (Wildman–Crippen LogP) is 0.302. The van der Waals surface area contributed by atoms with Crippen molar-refractivity contribution in [3.8, 4) is 0 Å². The Kier molecular flexibility index (Phi) is 4.03. The zero-order valence-corrected chi connectivity index (χ0v) is 12.0. The molecule has 0 aromatic carbocycles. The van der Waals surface area contributed by atoms with E-state index in [0.717, 1.165) is 44.0 Å². The maximum Gasteiger partial charge on any atom is 0.224 e. The van der Waals surface area contributed by atoms with Gasteiger partial charge in [0.25, 0.3) is 0 Å². The van der Waals surface area contributed by atoms with Crippen molar-refractivity contribution in [2.24, 2.45) is 0 Å². The molecule has 6 nitrogen and oxygen atoms in total. The standard InChI is InChI=1S/C14H22N4O2/c1-11-7-13-9-17(4-2-5-18(13)16-11)14(19)8-12-10-20-6-3-15-12/h7,12,15H,2-6,8-10H2,1H3/t12-/m1/s1. The van der Waals surface area contributed by atoms with Crippen LogP contribution in [0.15, 0.2) is 6.07 Å². The van der Waals surface area contributed by atoms with Gasteiger partial charge in [0.15, 0.2) is 0 Å². The molecule has 0 spiro atoms. The van der Waals surface area contributed by atoms with E-state index < -0.39 is 0 Å². The van der Waals surface area contributed by atoms with Crippen LogP contribution in [0.1, 0.15) is 24.2 Å². The van der Waals surface area contributed by atoms with Crippen LogP contribution in [0.2, 0.25) is 0 Å². The fourth-order valence-electron chi connectivity index (χ4n) is 2.91. The van der Waals surface area contributed by atoms with Gasteiger partial charge in [0.05, 0.1) is 31.1 Å². The van der Waals surface area contributed by atoms with Crippen LogP contribution in [0.5, 0.6) is 0 Å². The van der Waals surface area contributed by atoms with Crippen LogP contribution in [0.25, 0.3) is 0 Å². The summed E-state index contributed by atoms with van der Waals surface area (Å²) in [5.41, 5.74) is 2.16. The first-order valence-electron chi connectivity index (χ1n) is 7.34. The fourth-order valence-corrected chi connectivity index (χ4v) is 2.91. The zero-order chi connectivity index (χ0) is 13.9. The average molecular weight is 278 g/mol. The summed E-state index contributed by atoms with van der Waals surface area (Å²) in [6.45, 7) is 6.60. The number of carbonyl (C=O) groups excluding carboxylic acids is 1. The summed E-state index contributed by atoms with van der Waals surface area (Å²) >= 11 is 0. The second kappa shape index (κ2) is 5.93. The van der Waals surface area contributed by atoms with E-state index in [4.69, 9.17) is 4.74 Å². The number of rotatable bonds is 2. The van der Waals surface area contributed by atoms with Crippen molar-refractivity contribution >= 4 is 5.91 Å². The number of aryl methyl sites for hydroxylation is 2. The highest BCUT2D eigenvalue weighted by Gasteiger charge is 2.23. The van der Waals surface area contributed by atoms with Gasteiger partial charge >= 0.3 is 0 Å². The van der Waals surface area contributed by atoms with Crippen LogP contribution >= 0.6 is 0 Å². The molecule has 0 saturated carbocycles. The molecular formula is C14H22N4O2. The first-order valence-corrected chi connectivity index (χ1v) is 7.34. The minimum absolute atomic E-state index is 0.158. The molecule has 0 radical (unpaired) electrons. The van der Waals surface area contributed by atoms with Gasteiger partial charge in [0.1, 0.15) is 0 Å². The van der Waals surface area contributed by atoms with Gasteiger partial charge in [-0.15, -0.1) is 0 Å². The summed E-state index contributed by atoms with van der Waals surface area (Å²) in [4.78, 5) is 14.4. The third kappa shape index (κ3) is 3.02. The maximum absolute atomic E-state index is 12.4. The number of hydrogen-bond donors (Lipinski definition) is 1. The van der Waals surface area contributed by atoms with Crippen LogP contribution in [0.4, 0.5) is 0 Å². The molecule has 2 aliphatic heterocycles. The topological polar surface area (TPSA) is 59.4 Å². The molecule has 0 unspecified atom stereocenters. The van der Waals surface area contributed by atoms with Crippen molar-refractivity contribution < 1.29 is 9.53 Å². The summed E-state index contributed by atoms with van der Waals surface area (Å²) in [5.74, 6) is 0.209. The molecule has 1 amide bonds. The lowest BCUT2D eigenvalue weighted by Crippen LogP contribution is -2.45. The monoisotopic (exact) mass is 278 g/mol. The third-order valence-corrected chi connectivity index (χ3v) is 3.91. The number of fused-ring (bicyclic) bond motifs is 1. The second-order valence-electron chi connectivity index (χ2n) is 5.60. The number of hydrogen-bond acceptors (Lipinski definition) is 4. The highest BCUT2D eigenvalue weighted by molar-refractivity contribution is 5.76. The molecule has 1 aromatic heterocycles. The molecule has 1 N–H and O–H groups in total. The van der Waals surface area contributed by atoms with Gasteiger partial charge in [-0.1, -0.05) is 0 Å². The van der Waals surface area contributed by atoms with E-state index in [-0.39, 0.29) is 11.9 Å². The smallest absolute Gasteiger partial charge is 0.224 e. The Morgan fingerprint density at radius 1 is 1.55 bits per heavy atom. The van der Waals surface area contributed by atoms with E-state index in [1.165, 1.54) is 0 Å². The van der Waals surface area contributed by atoms with Crippen LogP contribution < -0.4 is 5.32 Å². The zero-order valence-electron chi connectivity index (χ0n) is 12.0. The van der Waals surface area contributed by atoms with Crippen molar-refractivity contribution in [1.82, 2.24) is 20.0 Å². The third-order valence-electron chi connectivity index (χ3n) is 3.91. The van der Waals surface area contributed by atoms with Crippen LogP contribution in [0.3, 0.4) is 0 Å². The normalized spacial score (nSPS) is 23.2. The van der Waals surface area contributed by atoms with Gasteiger partial charge in [-0.3, -0.25) is 9.48 Å². The van der Waals surface area contributed by atoms with Gasteiger partial charge in [0, 0.05) is 32.1 Å². The minimum atomic E-state index is 0.158. The lowest BCUT2D eigenvalue weighted by molar-refractivity contribution is -0.133. The van der Waals surface area contributed by atoms with E-state index in [1.807, 2.05) is 16.5 Å². The quantitative estimate of drug-likeness (QED) is 0.845. The lowest BCUT2D eigenvalue weighted by atomic mass is 10.1. The number of amides is 1. The molecule has 0 aliphatic carbocycles. The molecule has 1 saturated heterocycles. The second-order valence-corrected chi connectivity index (χ2v) is 5.60. The molecule has 110 valence electrons. The summed E-state index contributed by atoms with van der Waals surface area (Å²) in [6, 6.07) is 2.24. The van der Waals surface area contributed by atoms with E-state index in [9.17, 15) is 4.79 Å². The van der Waals surface area contributed by atoms with Crippen molar-refractivity contribution in [2.45, 2.75) is 38.9 Å². The van der Waals surface area contributed by atoms with Crippen LogP contribution in [-0.2, 0) is 22.6 Å². The highest BCUT2D eigenvalue weighted by atomic mass is 16.5. The van der Waals surface area contributed by atoms with Crippen LogP contribution in [0, 0.1) is 6.92 Å². The Morgan fingerprint density at radius 3 is 3.25 bits per heavy atom. The summed E-state index contributed by atoms with van der Waals surface area (Å²) in [5, 5.41) is 7.80. The van der Waals surface area contributed by atoms with Crippen molar-refractivity contribution in [2.75, 3.05) is 26.3 Å². The van der Waals surface area contributed by atoms with Crippen molar-refractivity contribution in [3.05, 3.63) is 17.5 Å². The maximum atomic E-state index is 12.4. The van der Waals surface area contributed by atoms with Gasteiger partial charge in [-0.05, 0) is 19.4 Å². The molecule has 1 fully saturated rings. The molecule has 6 heteroatoms. The number of morpholine rings is 1. The highest BCUT2D eigenvalue weighted by Crippen LogP contribution is 2.15. The molecule has 20 heavy (non-hydrogen) atoms. The number of carbonyl (C=O) groups is 1. The van der Waals surface area contributed by atoms with E-state index in [2.05, 4.69) is 16.5 Å². The summed E-state index contributed by atoms with van der Waals surface area (Å²) in [7, 11) is 0. The SMILES string of the molecule is Cc1cc2n(n1)CCCN(C(=O)C[C@@H]1COCCN1)C2. The molecule has 1 atom stereocenters. The largest absolute Gasteiger partial charge is 0.378 e. The number of aromatic nitrogens is 2. The predicted molar refractivity (Wildman–Crippen MR) is 74.2 cm³/mol. The van der Waals surface area contributed by atoms with Crippen molar-refractivity contribution in [1.29, 1.82) is 0 Å². The van der Waals surface area contributed by atoms with E-state index in [0.29, 0.717) is 19.6 Å². The molecule has 3 heterocycles. The van der Waals surface area contributed by atoms with Crippen molar-refractivity contribution in [3.63, 3.8) is 0 Å². The summed E-state index contributed by atoms with van der Waals surface area (Å²) in [6.07, 6.45) is 1.49. The van der Waals surface area contributed by atoms with Gasteiger partial charge in [0.2, 0.25) is 5.91 Å². The van der Waals surface area contributed by atoms with Gasteiger partial charge < -0.3 is 15.0 Å². The Balaban J connectivity index is 1.62. The Bertz CT molecular complexity index is 480.